The normalized spacial score (nSPS) is 21.0. The molecule has 8 rings (SSSR count). The molecule has 2 atom stereocenters. The second-order valence-electron chi connectivity index (χ2n) is 14.0. The van der Waals surface area contributed by atoms with Crippen LogP contribution >= 0.6 is 11.7 Å². The van der Waals surface area contributed by atoms with Gasteiger partial charge in [0, 0.05) is 54.9 Å². The molecule has 2 unspecified atom stereocenters. The van der Waals surface area contributed by atoms with E-state index in [1.807, 2.05) is 0 Å². The fourth-order valence-corrected chi connectivity index (χ4v) is 8.91. The van der Waals surface area contributed by atoms with Crippen LogP contribution in [0.1, 0.15) is 105 Å². The van der Waals surface area contributed by atoms with Crippen LogP contribution in [-0.4, -0.2) is 41.0 Å². The van der Waals surface area contributed by atoms with Crippen molar-refractivity contribution in [3.05, 3.63) is 122 Å². The zero-order chi connectivity index (χ0) is 32.5. The van der Waals surface area contributed by atoms with E-state index in [-0.39, 0.29) is 12.2 Å². The molecule has 1 N–H and O–H groups in total. The number of nitrogens with one attached hydrogen (secondary N) is 1. The van der Waals surface area contributed by atoms with E-state index in [2.05, 4.69) is 95.4 Å². The lowest BCUT2D eigenvalue weighted by molar-refractivity contribution is 0.496. The first kappa shape index (κ1) is 31.5. The van der Waals surface area contributed by atoms with Gasteiger partial charge in [0.2, 0.25) is 5.36 Å². The second-order valence-corrected chi connectivity index (χ2v) is 14.5. The van der Waals surface area contributed by atoms with Crippen molar-refractivity contribution in [1.82, 2.24) is 18.6 Å². The van der Waals surface area contributed by atoms with Crippen molar-refractivity contribution < 1.29 is 0 Å². The van der Waals surface area contributed by atoms with E-state index in [9.17, 15) is 0 Å². The van der Waals surface area contributed by atoms with Crippen molar-refractivity contribution >= 4 is 28.6 Å². The van der Waals surface area contributed by atoms with Crippen molar-refractivity contribution in [2.45, 2.75) is 90.3 Å². The molecule has 6 nitrogen and oxygen atoms in total. The molecular formula is C41H48N6S. The molecule has 48 heavy (non-hydrogen) atoms. The zero-order valence-electron chi connectivity index (χ0n) is 28.5. The molecule has 4 heterocycles. The average molecular weight is 657 g/mol. The summed E-state index contributed by atoms with van der Waals surface area (Å²) in [5.74, 6) is 0. The van der Waals surface area contributed by atoms with Crippen molar-refractivity contribution in [3.63, 3.8) is 0 Å². The predicted molar refractivity (Wildman–Crippen MR) is 199 cm³/mol. The summed E-state index contributed by atoms with van der Waals surface area (Å²) in [6.45, 7) is 9.17. The Balaban J connectivity index is 1.26. The minimum absolute atomic E-state index is 0.0644. The van der Waals surface area contributed by atoms with E-state index in [4.69, 9.17) is 14.1 Å². The number of hydrogen-bond donors (Lipinski definition) is 1. The van der Waals surface area contributed by atoms with Gasteiger partial charge in [0.15, 0.2) is 0 Å². The highest BCUT2D eigenvalue weighted by atomic mass is 32.1. The van der Waals surface area contributed by atoms with Crippen LogP contribution < -0.4 is 25.4 Å². The summed E-state index contributed by atoms with van der Waals surface area (Å²) in [5.41, 5.74) is 12.1. The third-order valence-corrected chi connectivity index (χ3v) is 11.3. The van der Waals surface area contributed by atoms with Crippen molar-refractivity contribution in [2.24, 2.45) is 0 Å². The first-order valence-corrected chi connectivity index (χ1v) is 19.2. The molecule has 1 fully saturated rings. The largest absolute Gasteiger partial charge is 0.668 e. The average Bonchev–Trinajstić information content (AvgIpc) is 3.79. The molecule has 4 aliphatic rings. The molecule has 1 aliphatic carbocycles. The Morgan fingerprint density at radius 3 is 2.58 bits per heavy atom. The smallest absolute Gasteiger partial charge is 0.203 e. The predicted octanol–water partition coefficient (Wildman–Crippen LogP) is 7.12. The van der Waals surface area contributed by atoms with Crippen LogP contribution in [0.2, 0.25) is 0 Å². The van der Waals surface area contributed by atoms with Gasteiger partial charge in [-0.3, -0.25) is 0 Å². The van der Waals surface area contributed by atoms with Gasteiger partial charge in [-0.2, -0.15) is 8.75 Å². The number of fused-ring (bicyclic) bond motifs is 4. The fraction of sp³-hybridized carbons (Fsp3) is 0.439. The SMILES string of the molecule is CCCCCN1CCCc2cc(C3=C4[N-]C(c5ccccc5)NC4/C(=c4/ccc5c(c4)CCC[N+]=5CCCCC)c4nsnc43)ccc21. The Kier molecular flexibility index (Phi) is 9.15. The lowest BCUT2D eigenvalue weighted by atomic mass is 9.83. The van der Waals surface area contributed by atoms with Gasteiger partial charge in [0.05, 0.1) is 11.7 Å². The van der Waals surface area contributed by atoms with Crippen molar-refractivity contribution in [1.29, 1.82) is 0 Å². The minimum atomic E-state index is -0.123. The summed E-state index contributed by atoms with van der Waals surface area (Å²) < 4.78 is 12.6. The lowest BCUT2D eigenvalue weighted by Crippen LogP contribution is -2.40. The van der Waals surface area contributed by atoms with Gasteiger partial charge in [-0.15, -0.1) is 5.70 Å². The van der Waals surface area contributed by atoms with E-state index in [0.29, 0.717) is 0 Å². The number of benzene rings is 3. The Morgan fingerprint density at radius 2 is 1.71 bits per heavy atom. The Labute approximate surface area is 289 Å². The maximum absolute atomic E-state index is 5.48. The zero-order valence-corrected chi connectivity index (χ0v) is 29.4. The first-order chi connectivity index (χ1) is 23.7. The molecule has 248 valence electrons. The van der Waals surface area contributed by atoms with E-state index < -0.39 is 0 Å². The number of aryl methyl sites for hydroxylation is 2. The van der Waals surface area contributed by atoms with Gasteiger partial charge in [0.1, 0.15) is 24.5 Å². The maximum atomic E-state index is 5.48. The molecule has 0 spiro atoms. The van der Waals surface area contributed by atoms with Crippen LogP contribution in [0.15, 0.2) is 72.4 Å². The lowest BCUT2D eigenvalue weighted by Gasteiger charge is -2.34. The van der Waals surface area contributed by atoms with Crippen LogP contribution in [0, 0.1) is 0 Å². The van der Waals surface area contributed by atoms with E-state index in [1.165, 1.54) is 107 Å². The molecule has 0 radical (unpaired) electrons. The van der Waals surface area contributed by atoms with Crippen LogP contribution in [-0.2, 0) is 12.8 Å². The monoisotopic (exact) mass is 656 g/mol. The molecule has 0 bridgehead atoms. The van der Waals surface area contributed by atoms with E-state index in [0.717, 1.165) is 61.7 Å². The molecule has 7 heteroatoms. The van der Waals surface area contributed by atoms with Gasteiger partial charge in [0.25, 0.3) is 0 Å². The molecule has 3 aliphatic heterocycles. The third-order valence-electron chi connectivity index (χ3n) is 10.8. The summed E-state index contributed by atoms with van der Waals surface area (Å²) in [5, 5.41) is 12.1. The summed E-state index contributed by atoms with van der Waals surface area (Å²) in [6.07, 6.45) is 12.1. The van der Waals surface area contributed by atoms with Gasteiger partial charge in [-0.05, 0) is 90.0 Å². The topological polar surface area (TPSA) is 58.2 Å². The molecule has 1 aromatic heterocycles. The Bertz CT molecular complexity index is 1940. The van der Waals surface area contributed by atoms with E-state index in [1.54, 1.807) is 0 Å². The number of hydrogen-bond acceptors (Lipinski definition) is 5. The number of unbranched alkanes of at least 4 members (excludes halogenated alkanes) is 4. The fourth-order valence-electron chi connectivity index (χ4n) is 8.34. The van der Waals surface area contributed by atoms with Gasteiger partial charge >= 0.3 is 0 Å². The molecule has 3 aromatic carbocycles. The summed E-state index contributed by atoms with van der Waals surface area (Å²) >= 11 is 1.33. The maximum Gasteiger partial charge on any atom is 0.203 e. The quantitative estimate of drug-likeness (QED) is 0.146. The summed E-state index contributed by atoms with van der Waals surface area (Å²) in [6, 6.07) is 24.9. The van der Waals surface area contributed by atoms with Gasteiger partial charge < -0.3 is 15.5 Å². The molecule has 1 saturated heterocycles. The van der Waals surface area contributed by atoms with Crippen LogP contribution in [0.3, 0.4) is 0 Å². The Hall–Kier alpha value is -3.81. The number of aromatic nitrogens is 2. The summed E-state index contributed by atoms with van der Waals surface area (Å²) in [7, 11) is 0. The first-order valence-electron chi connectivity index (χ1n) is 18.5. The van der Waals surface area contributed by atoms with E-state index >= 15 is 0 Å². The Morgan fingerprint density at radius 1 is 0.875 bits per heavy atom. The van der Waals surface area contributed by atoms with Crippen molar-refractivity contribution in [2.75, 3.05) is 31.1 Å². The van der Waals surface area contributed by atoms with Gasteiger partial charge in [-0.25, -0.2) is 4.58 Å². The highest BCUT2D eigenvalue weighted by molar-refractivity contribution is 6.99. The van der Waals surface area contributed by atoms with Gasteiger partial charge in [-0.1, -0.05) is 69.5 Å². The molecule has 0 amide bonds. The molecule has 0 saturated carbocycles. The number of anilines is 1. The molecule has 4 aromatic rings. The highest BCUT2D eigenvalue weighted by Gasteiger charge is 2.36. The standard InChI is InChI=1S/C41H48N6S/c1-3-5-10-22-46-24-12-16-29-26-31(18-20-33(29)46)35-37-38(43-41(42-37)28-14-8-7-9-15-28)36(40-39(35)44-48-45-40)32-19-21-34-30(27-32)17-13-25-47(34)23-11-6-4-2/h7-9,14-15,18-21,26-27,37,41-42H,3-6,10-13,16-17,22-25H2,1-2H3/b35-31+. The minimum Gasteiger partial charge on any atom is -0.668 e. The van der Waals surface area contributed by atoms with Crippen molar-refractivity contribution in [3.8, 4) is 0 Å². The third kappa shape index (κ3) is 5.90. The van der Waals surface area contributed by atoms with Crippen LogP contribution in [0.4, 0.5) is 5.69 Å². The number of nitrogens with zero attached hydrogens (tertiary/aromatic N) is 5. The second kappa shape index (κ2) is 14.0. The highest BCUT2D eigenvalue weighted by Crippen LogP contribution is 2.48. The number of rotatable bonds is 10. The van der Waals surface area contributed by atoms with Crippen LogP contribution in [0.25, 0.3) is 16.5 Å². The van der Waals surface area contributed by atoms with Crippen LogP contribution in [0.5, 0.6) is 0 Å². The summed E-state index contributed by atoms with van der Waals surface area (Å²) in [4.78, 5) is 2.61. The molecular weight excluding hydrogens is 609 g/mol.